The molecule has 0 fully saturated rings. The fraction of sp³-hybridized carbons (Fsp3) is 0.364. The number of rotatable bonds is 2. The van der Waals surface area contributed by atoms with Crippen molar-refractivity contribution in [2.45, 2.75) is 19.3 Å². The van der Waals surface area contributed by atoms with Gasteiger partial charge >= 0.3 is 10.1 Å². The van der Waals surface area contributed by atoms with Crippen LogP contribution in [0.4, 0.5) is 0 Å². The molecule has 0 heterocycles. The smallest absolute Gasteiger partial charge is 0.306 e. The molecule has 0 spiro atoms. The lowest BCUT2D eigenvalue weighted by Crippen LogP contribution is -2.15. The summed E-state index contributed by atoms with van der Waals surface area (Å²) in [6, 6.07) is 0. The van der Waals surface area contributed by atoms with Crippen LogP contribution in [-0.4, -0.2) is 20.5 Å². The zero-order valence-corrected chi connectivity index (χ0v) is 9.71. The average molecular weight is 240 g/mol. The third-order valence-electron chi connectivity index (χ3n) is 2.42. The third-order valence-corrected chi connectivity index (χ3v) is 2.90. The summed E-state index contributed by atoms with van der Waals surface area (Å²) >= 11 is 0. The van der Waals surface area contributed by atoms with E-state index in [0.29, 0.717) is 6.42 Å². The lowest BCUT2D eigenvalue weighted by atomic mass is 9.88. The molecule has 0 aliphatic heterocycles. The minimum atomic E-state index is -3.59. The van der Waals surface area contributed by atoms with Crippen LogP contribution in [0.15, 0.2) is 35.1 Å². The molecule has 0 aromatic heterocycles. The summed E-state index contributed by atoms with van der Waals surface area (Å²) < 4.78 is 26.9. The standard InChI is InChI=1S/C11H12O4S/c1-16(13,14)15-11-7-9(12)6-8-4-2-3-5-10(8)11/h4-5,7H,2-3,6H2,1H3. The number of ketones is 1. The highest BCUT2D eigenvalue weighted by Gasteiger charge is 2.24. The number of carbonyl (C=O) groups excluding carboxylic acids is 1. The Kier molecular flexibility index (Phi) is 2.71. The Labute approximate surface area is 94.4 Å². The van der Waals surface area contributed by atoms with Crippen LogP contribution in [0.25, 0.3) is 0 Å². The van der Waals surface area contributed by atoms with Gasteiger partial charge in [0, 0.05) is 18.1 Å². The molecule has 0 saturated heterocycles. The van der Waals surface area contributed by atoms with Crippen LogP contribution in [0.3, 0.4) is 0 Å². The lowest BCUT2D eigenvalue weighted by molar-refractivity contribution is -0.114. The molecule has 0 N–H and O–H groups in total. The molecule has 86 valence electrons. The van der Waals surface area contributed by atoms with Crippen molar-refractivity contribution in [1.82, 2.24) is 0 Å². The molecule has 2 aliphatic rings. The zero-order valence-electron chi connectivity index (χ0n) is 8.89. The second kappa shape index (κ2) is 3.90. The van der Waals surface area contributed by atoms with E-state index in [-0.39, 0.29) is 11.5 Å². The normalized spacial score (nSPS) is 20.6. The van der Waals surface area contributed by atoms with E-state index in [0.717, 1.165) is 30.2 Å². The van der Waals surface area contributed by atoms with Crippen LogP contribution in [0, 0.1) is 0 Å². The first-order valence-electron chi connectivity index (χ1n) is 4.99. The summed E-state index contributed by atoms with van der Waals surface area (Å²) in [4.78, 5) is 11.4. The monoisotopic (exact) mass is 240 g/mol. The van der Waals surface area contributed by atoms with Gasteiger partial charge in [-0.15, -0.1) is 0 Å². The van der Waals surface area contributed by atoms with Gasteiger partial charge in [0.1, 0.15) is 0 Å². The van der Waals surface area contributed by atoms with Crippen molar-refractivity contribution in [3.05, 3.63) is 35.1 Å². The van der Waals surface area contributed by atoms with Crippen molar-refractivity contribution in [3.8, 4) is 0 Å². The molecule has 0 saturated carbocycles. The summed E-state index contributed by atoms with van der Waals surface area (Å²) in [6.07, 6.45) is 8.18. The Hall–Kier alpha value is -1.36. The molecule has 0 aromatic carbocycles. The number of carbonyl (C=O) groups is 1. The number of hydrogen-bond acceptors (Lipinski definition) is 4. The van der Waals surface area contributed by atoms with E-state index in [9.17, 15) is 13.2 Å². The first kappa shape index (κ1) is 11.1. The number of fused-ring (bicyclic) bond motifs is 1. The molecule has 0 aromatic rings. The SMILES string of the molecule is CS(=O)(=O)OC1=CC(=O)CC2=CCCC=C21. The van der Waals surface area contributed by atoms with Gasteiger partial charge in [-0.2, -0.15) is 8.42 Å². The first-order chi connectivity index (χ1) is 7.46. The summed E-state index contributed by atoms with van der Waals surface area (Å²) in [5.41, 5.74) is 1.62. The Morgan fingerprint density at radius 3 is 2.62 bits per heavy atom. The first-order valence-corrected chi connectivity index (χ1v) is 6.81. The van der Waals surface area contributed by atoms with Crippen LogP contribution < -0.4 is 0 Å². The third kappa shape index (κ3) is 2.41. The van der Waals surface area contributed by atoms with Crippen molar-refractivity contribution in [1.29, 1.82) is 0 Å². The van der Waals surface area contributed by atoms with E-state index >= 15 is 0 Å². The Morgan fingerprint density at radius 1 is 1.25 bits per heavy atom. The van der Waals surface area contributed by atoms with Crippen LogP contribution in [0.1, 0.15) is 19.3 Å². The highest BCUT2D eigenvalue weighted by molar-refractivity contribution is 7.86. The van der Waals surface area contributed by atoms with Gasteiger partial charge in [-0.25, -0.2) is 0 Å². The van der Waals surface area contributed by atoms with Crippen LogP contribution in [0.5, 0.6) is 0 Å². The van der Waals surface area contributed by atoms with Crippen molar-refractivity contribution < 1.29 is 17.4 Å². The predicted octanol–water partition coefficient (Wildman–Crippen LogP) is 1.47. The van der Waals surface area contributed by atoms with Gasteiger partial charge in [0.2, 0.25) is 0 Å². The molecular formula is C11H12O4S. The van der Waals surface area contributed by atoms with E-state index in [1.165, 1.54) is 6.08 Å². The van der Waals surface area contributed by atoms with Crippen LogP contribution in [0.2, 0.25) is 0 Å². The summed E-state index contributed by atoms with van der Waals surface area (Å²) in [7, 11) is -3.59. The van der Waals surface area contributed by atoms with Gasteiger partial charge in [-0.3, -0.25) is 4.79 Å². The maximum atomic E-state index is 11.4. The largest absolute Gasteiger partial charge is 0.382 e. The topological polar surface area (TPSA) is 60.4 Å². The number of hydrogen-bond donors (Lipinski definition) is 0. The van der Waals surface area contributed by atoms with Crippen molar-refractivity contribution in [2.75, 3.05) is 6.26 Å². The molecule has 5 heteroatoms. The Balaban J connectivity index is 2.39. The molecule has 4 nitrogen and oxygen atoms in total. The molecule has 0 unspecified atom stereocenters. The van der Waals surface area contributed by atoms with Gasteiger partial charge in [0.25, 0.3) is 0 Å². The van der Waals surface area contributed by atoms with Crippen molar-refractivity contribution in [2.24, 2.45) is 0 Å². The van der Waals surface area contributed by atoms with Crippen molar-refractivity contribution in [3.63, 3.8) is 0 Å². The van der Waals surface area contributed by atoms with Gasteiger partial charge < -0.3 is 4.18 Å². The summed E-state index contributed by atoms with van der Waals surface area (Å²) in [5.74, 6) is 0.0358. The maximum absolute atomic E-state index is 11.4. The summed E-state index contributed by atoms with van der Waals surface area (Å²) in [6.45, 7) is 0. The molecule has 16 heavy (non-hydrogen) atoms. The van der Waals surface area contributed by atoms with Gasteiger partial charge in [0.05, 0.1) is 6.26 Å². The van der Waals surface area contributed by atoms with E-state index < -0.39 is 10.1 Å². The van der Waals surface area contributed by atoms with E-state index in [2.05, 4.69) is 0 Å². The molecule has 0 radical (unpaired) electrons. The predicted molar refractivity (Wildman–Crippen MR) is 59.0 cm³/mol. The lowest BCUT2D eigenvalue weighted by Gasteiger charge is -2.21. The summed E-state index contributed by atoms with van der Waals surface area (Å²) in [5, 5.41) is 0. The number of allylic oxidation sites excluding steroid dienone is 4. The highest BCUT2D eigenvalue weighted by atomic mass is 32.2. The van der Waals surface area contributed by atoms with Gasteiger partial charge in [-0.05, 0) is 18.4 Å². The molecule has 0 atom stereocenters. The fourth-order valence-electron chi connectivity index (χ4n) is 1.85. The Morgan fingerprint density at radius 2 is 1.94 bits per heavy atom. The van der Waals surface area contributed by atoms with E-state index in [1.54, 1.807) is 0 Å². The molecule has 2 aliphatic carbocycles. The maximum Gasteiger partial charge on any atom is 0.306 e. The molecular weight excluding hydrogens is 228 g/mol. The minimum absolute atomic E-state index is 0.121. The molecule has 0 amide bonds. The quantitative estimate of drug-likeness (QED) is 0.686. The van der Waals surface area contributed by atoms with Crippen molar-refractivity contribution >= 4 is 15.9 Å². The van der Waals surface area contributed by atoms with E-state index in [1.807, 2.05) is 12.2 Å². The second-order valence-corrected chi connectivity index (χ2v) is 5.44. The fourth-order valence-corrected chi connectivity index (χ4v) is 2.31. The highest BCUT2D eigenvalue weighted by Crippen LogP contribution is 2.33. The van der Waals surface area contributed by atoms with Gasteiger partial charge in [-0.1, -0.05) is 12.2 Å². The van der Waals surface area contributed by atoms with Gasteiger partial charge in [0.15, 0.2) is 11.5 Å². The van der Waals surface area contributed by atoms with Crippen LogP contribution >= 0.6 is 0 Å². The zero-order chi connectivity index (χ0) is 11.8. The van der Waals surface area contributed by atoms with E-state index in [4.69, 9.17) is 4.18 Å². The Bertz CT molecular complexity index is 520. The minimum Gasteiger partial charge on any atom is -0.382 e. The van der Waals surface area contributed by atoms with Crippen LogP contribution in [-0.2, 0) is 19.1 Å². The average Bonchev–Trinajstić information content (AvgIpc) is 2.14. The molecule has 2 rings (SSSR count). The molecule has 0 bridgehead atoms. The second-order valence-electron chi connectivity index (χ2n) is 3.86.